The fourth-order valence-electron chi connectivity index (χ4n) is 2.10. The molecule has 4 heteroatoms. The normalized spacial score (nSPS) is 12.2. The summed E-state index contributed by atoms with van der Waals surface area (Å²) in [6.45, 7) is 5.14. The lowest BCUT2D eigenvalue weighted by Gasteiger charge is -2.24. The Balaban J connectivity index is 0.00000116. The highest BCUT2D eigenvalue weighted by Gasteiger charge is 2.12. The number of aliphatic hydroxyl groups is 1. The van der Waals surface area contributed by atoms with Crippen LogP contribution in [0.2, 0.25) is 0 Å². The molecule has 0 aliphatic heterocycles. The molecule has 0 aromatic heterocycles. The van der Waals surface area contributed by atoms with Gasteiger partial charge in [-0.05, 0) is 37.3 Å². The van der Waals surface area contributed by atoms with Crippen LogP contribution >= 0.6 is 22.6 Å². The van der Waals surface area contributed by atoms with Gasteiger partial charge in [-0.2, -0.15) is 0 Å². The predicted molar refractivity (Wildman–Crippen MR) is 103 cm³/mol. The summed E-state index contributed by atoms with van der Waals surface area (Å²) in [5.74, 6) is 0.828. The number of aliphatic hydroxyl groups excluding tert-OH is 1. The molecule has 1 unspecified atom stereocenters. The minimum absolute atomic E-state index is 0.311. The Kier molecular flexibility index (Phi) is 8.75. The number of halogens is 1. The van der Waals surface area contributed by atoms with Crippen LogP contribution in [0.25, 0.3) is 10.8 Å². The molecule has 122 valence electrons. The quantitative estimate of drug-likeness (QED) is 0.573. The Morgan fingerprint density at radius 2 is 1.73 bits per heavy atom. The summed E-state index contributed by atoms with van der Waals surface area (Å²) < 4.78 is 5.79. The Morgan fingerprint density at radius 1 is 1.09 bits per heavy atom. The molecule has 3 nitrogen and oxygen atoms in total. The van der Waals surface area contributed by atoms with Crippen molar-refractivity contribution in [3.63, 3.8) is 0 Å². The average Bonchev–Trinajstić information content (AvgIpc) is 2.54. The molecule has 0 aliphatic carbocycles. The number of benzene rings is 2. The molecule has 0 fully saturated rings. The van der Waals surface area contributed by atoms with Crippen molar-refractivity contribution in [3.8, 4) is 5.75 Å². The molecule has 0 radical (unpaired) electrons. The molecule has 2 rings (SSSR count). The molecule has 0 heterocycles. The highest BCUT2D eigenvalue weighted by atomic mass is 127. The number of fused-ring (bicyclic) bond motifs is 1. The maximum absolute atomic E-state index is 10.0. The lowest BCUT2D eigenvalue weighted by atomic mass is 10.1. The highest BCUT2D eigenvalue weighted by molar-refractivity contribution is 14.1. The van der Waals surface area contributed by atoms with E-state index in [-0.39, 0.29) is 0 Å². The van der Waals surface area contributed by atoms with Gasteiger partial charge in [0.05, 0.1) is 0 Å². The molecule has 0 saturated heterocycles. The van der Waals surface area contributed by atoms with E-state index in [2.05, 4.69) is 53.5 Å². The van der Waals surface area contributed by atoms with Gasteiger partial charge in [0.25, 0.3) is 0 Å². The topological polar surface area (TPSA) is 32.7 Å². The second-order valence-electron chi connectivity index (χ2n) is 5.48. The number of rotatable bonds is 6. The van der Waals surface area contributed by atoms with E-state index in [1.54, 1.807) is 0 Å². The molecule has 0 aliphatic rings. The number of alkyl halides is 1. The summed E-state index contributed by atoms with van der Waals surface area (Å²) in [5.41, 5.74) is 0. The maximum atomic E-state index is 10.0. The van der Waals surface area contributed by atoms with Crippen molar-refractivity contribution >= 4 is 33.4 Å². The van der Waals surface area contributed by atoms with Gasteiger partial charge in [0, 0.05) is 18.0 Å². The summed E-state index contributed by atoms with van der Waals surface area (Å²) >= 11 is 2.15. The third-order valence-electron chi connectivity index (χ3n) is 3.56. The van der Waals surface area contributed by atoms with Crippen LogP contribution in [0, 0.1) is 0 Å². The SMILES string of the molecule is CC(C)N(C)CC(O)COc1cccc2ccccc12.CI. The zero-order valence-corrected chi connectivity index (χ0v) is 15.9. The smallest absolute Gasteiger partial charge is 0.127 e. The van der Waals surface area contributed by atoms with Crippen LogP contribution in [0.3, 0.4) is 0 Å². The largest absolute Gasteiger partial charge is 0.490 e. The van der Waals surface area contributed by atoms with Crippen molar-refractivity contribution in [2.24, 2.45) is 0 Å². The first-order valence-electron chi connectivity index (χ1n) is 7.44. The van der Waals surface area contributed by atoms with Gasteiger partial charge in [-0.3, -0.25) is 0 Å². The number of ether oxygens (including phenoxy) is 1. The maximum Gasteiger partial charge on any atom is 0.127 e. The molecule has 2 aromatic carbocycles. The molecule has 0 spiro atoms. The standard InChI is InChI=1S/C17H23NO2.CH3I/c1-13(2)18(3)11-15(19)12-20-17-10-6-8-14-7-4-5-9-16(14)17;1-2/h4-10,13,15,19H,11-12H2,1-3H3;1H3. The van der Waals surface area contributed by atoms with E-state index < -0.39 is 6.10 Å². The van der Waals surface area contributed by atoms with Crippen LogP contribution in [0.15, 0.2) is 42.5 Å². The van der Waals surface area contributed by atoms with Gasteiger partial charge in [0.2, 0.25) is 0 Å². The van der Waals surface area contributed by atoms with Crippen molar-refractivity contribution in [1.29, 1.82) is 0 Å². The number of hydrogen-bond acceptors (Lipinski definition) is 3. The van der Waals surface area contributed by atoms with Crippen LogP contribution in [0.1, 0.15) is 13.8 Å². The van der Waals surface area contributed by atoms with Crippen molar-refractivity contribution in [3.05, 3.63) is 42.5 Å². The summed E-state index contributed by atoms with van der Waals surface area (Å²) in [7, 11) is 2.01. The monoisotopic (exact) mass is 415 g/mol. The molecule has 0 amide bonds. The fraction of sp³-hybridized carbons (Fsp3) is 0.444. The number of likely N-dealkylation sites (N-methyl/N-ethyl adjacent to an activating group) is 1. The zero-order chi connectivity index (χ0) is 16.5. The summed E-state index contributed by atoms with van der Waals surface area (Å²) in [6.07, 6.45) is -0.485. The Bertz CT molecular complexity index is 554. The second kappa shape index (κ2) is 10.0. The Hall–Kier alpha value is -0.850. The second-order valence-corrected chi connectivity index (χ2v) is 5.48. The first kappa shape index (κ1) is 19.2. The lowest BCUT2D eigenvalue weighted by Crippen LogP contribution is -2.36. The van der Waals surface area contributed by atoms with Gasteiger partial charge in [0.15, 0.2) is 0 Å². The third kappa shape index (κ3) is 5.74. The van der Waals surface area contributed by atoms with Gasteiger partial charge in [-0.25, -0.2) is 0 Å². The average molecular weight is 415 g/mol. The Morgan fingerprint density at radius 3 is 2.41 bits per heavy atom. The third-order valence-corrected chi connectivity index (χ3v) is 3.56. The van der Waals surface area contributed by atoms with E-state index in [4.69, 9.17) is 4.74 Å². The lowest BCUT2D eigenvalue weighted by molar-refractivity contribution is 0.0684. The van der Waals surface area contributed by atoms with E-state index in [1.165, 1.54) is 0 Å². The zero-order valence-electron chi connectivity index (χ0n) is 13.8. The molecular weight excluding hydrogens is 389 g/mol. The molecule has 2 aromatic rings. The first-order valence-corrected chi connectivity index (χ1v) is 9.60. The fourth-order valence-corrected chi connectivity index (χ4v) is 2.10. The summed E-state index contributed by atoms with van der Waals surface area (Å²) in [4.78, 5) is 4.08. The number of hydrogen-bond donors (Lipinski definition) is 1. The van der Waals surface area contributed by atoms with Crippen molar-refractivity contribution in [2.45, 2.75) is 26.0 Å². The predicted octanol–water partition coefficient (Wildman–Crippen LogP) is 3.97. The van der Waals surface area contributed by atoms with E-state index in [0.29, 0.717) is 19.2 Å². The van der Waals surface area contributed by atoms with Gasteiger partial charge in [0.1, 0.15) is 18.5 Å². The molecule has 0 bridgehead atoms. The van der Waals surface area contributed by atoms with E-state index in [1.807, 2.05) is 42.3 Å². The van der Waals surface area contributed by atoms with Crippen LogP contribution in [-0.2, 0) is 0 Å². The van der Waals surface area contributed by atoms with Crippen molar-refractivity contribution < 1.29 is 9.84 Å². The van der Waals surface area contributed by atoms with Gasteiger partial charge < -0.3 is 14.7 Å². The molecule has 1 N–H and O–H groups in total. The van der Waals surface area contributed by atoms with Crippen LogP contribution in [-0.4, -0.2) is 47.3 Å². The minimum atomic E-state index is -0.485. The molecular formula is C18H26INO2. The van der Waals surface area contributed by atoms with Crippen LogP contribution in [0.5, 0.6) is 5.75 Å². The Labute approximate surface area is 147 Å². The molecule has 22 heavy (non-hydrogen) atoms. The summed E-state index contributed by atoms with van der Waals surface area (Å²) in [5, 5.41) is 12.3. The summed E-state index contributed by atoms with van der Waals surface area (Å²) in [6, 6.07) is 14.5. The van der Waals surface area contributed by atoms with Crippen LogP contribution in [0.4, 0.5) is 0 Å². The highest BCUT2D eigenvalue weighted by Crippen LogP contribution is 2.25. The van der Waals surface area contributed by atoms with Crippen molar-refractivity contribution in [2.75, 3.05) is 25.1 Å². The number of nitrogens with zero attached hydrogens (tertiary/aromatic N) is 1. The molecule has 1 atom stereocenters. The van der Waals surface area contributed by atoms with Gasteiger partial charge in [-0.15, -0.1) is 0 Å². The first-order chi connectivity index (χ1) is 10.6. The van der Waals surface area contributed by atoms with E-state index >= 15 is 0 Å². The van der Waals surface area contributed by atoms with E-state index in [9.17, 15) is 5.11 Å². The van der Waals surface area contributed by atoms with Gasteiger partial charge >= 0.3 is 0 Å². The van der Waals surface area contributed by atoms with Crippen molar-refractivity contribution in [1.82, 2.24) is 4.90 Å². The molecule has 0 saturated carbocycles. The van der Waals surface area contributed by atoms with Crippen LogP contribution < -0.4 is 4.74 Å². The van der Waals surface area contributed by atoms with E-state index in [0.717, 1.165) is 16.5 Å². The van der Waals surface area contributed by atoms with Gasteiger partial charge in [-0.1, -0.05) is 59.0 Å². The minimum Gasteiger partial charge on any atom is -0.490 e.